The van der Waals surface area contributed by atoms with Crippen LogP contribution in [0.3, 0.4) is 0 Å². The summed E-state index contributed by atoms with van der Waals surface area (Å²) in [5.41, 5.74) is 0.798. The Hall–Kier alpha value is -1.30. The first-order valence-electron chi connectivity index (χ1n) is 11.2. The molecule has 0 aliphatic heterocycles. The minimum Gasteiger partial charge on any atom is -1.00 e. The average Bonchev–Trinajstić information content (AvgIpc) is 2.71. The van der Waals surface area contributed by atoms with Gasteiger partial charge in [-0.3, -0.25) is 4.79 Å². The maximum atomic E-state index is 13.2. The standard InChI is InChI=1S/C24H35NO4.ClH/c1-15(23(27)19-4-5-20(28-2)21(11-19)29-3)25-7-6-22(26)24-12-16-8-17(13-24)10-18(9-16)14-24;/h4-5,11,15-18,23,25,27H,6-10,12-14H2,1-3H3;1H. The van der Waals surface area contributed by atoms with Crippen LogP contribution < -0.4 is 27.2 Å². The molecule has 30 heavy (non-hydrogen) atoms. The summed E-state index contributed by atoms with van der Waals surface area (Å²) in [6.07, 6.45) is 7.53. The van der Waals surface area contributed by atoms with Gasteiger partial charge in [0.1, 0.15) is 17.9 Å². The van der Waals surface area contributed by atoms with E-state index in [1.165, 1.54) is 19.3 Å². The van der Waals surface area contributed by atoms with Gasteiger partial charge >= 0.3 is 0 Å². The number of halogens is 1. The SMILES string of the molecule is COc1ccc(C(O)C(C)[NH2+]CCC(=O)C23CC4CC(CC(C4)C2)C3)cc1OC.[Cl-]. The molecule has 2 unspecified atom stereocenters. The van der Waals surface area contributed by atoms with Crippen LogP contribution in [0.5, 0.6) is 11.5 Å². The van der Waals surface area contributed by atoms with Gasteiger partial charge in [-0.25, -0.2) is 0 Å². The zero-order valence-corrected chi connectivity index (χ0v) is 19.2. The third kappa shape index (κ3) is 4.49. The molecule has 4 aliphatic carbocycles. The summed E-state index contributed by atoms with van der Waals surface area (Å²) in [6, 6.07) is 5.49. The van der Waals surface area contributed by atoms with Crippen LogP contribution in [-0.2, 0) is 4.79 Å². The lowest BCUT2D eigenvalue weighted by atomic mass is 9.48. The summed E-state index contributed by atoms with van der Waals surface area (Å²) in [4.78, 5) is 13.2. The van der Waals surface area contributed by atoms with Gasteiger partial charge in [-0.2, -0.15) is 0 Å². The van der Waals surface area contributed by atoms with Gasteiger partial charge in [-0.1, -0.05) is 6.07 Å². The van der Waals surface area contributed by atoms with Crippen molar-refractivity contribution in [3.63, 3.8) is 0 Å². The number of Topliss-reactive ketones (excluding diaryl/α,β-unsaturated/α-hetero) is 1. The second-order valence-corrected chi connectivity index (χ2v) is 9.81. The van der Waals surface area contributed by atoms with Crippen molar-refractivity contribution in [2.24, 2.45) is 23.2 Å². The highest BCUT2D eigenvalue weighted by Gasteiger charge is 2.54. The van der Waals surface area contributed by atoms with Gasteiger partial charge in [-0.05, 0) is 80.9 Å². The monoisotopic (exact) mass is 437 g/mol. The summed E-state index contributed by atoms with van der Waals surface area (Å²) >= 11 is 0. The molecule has 4 bridgehead atoms. The van der Waals surface area contributed by atoms with E-state index in [1.807, 2.05) is 25.1 Å². The number of hydrogen-bond acceptors (Lipinski definition) is 4. The number of aliphatic hydroxyl groups excluding tert-OH is 1. The number of methoxy groups -OCH3 is 2. The van der Waals surface area contributed by atoms with Crippen LogP contribution in [0.25, 0.3) is 0 Å². The molecule has 0 spiro atoms. The number of rotatable bonds is 9. The van der Waals surface area contributed by atoms with E-state index in [1.54, 1.807) is 14.2 Å². The minimum atomic E-state index is -0.621. The maximum Gasteiger partial charge on any atom is 0.161 e. The molecule has 168 valence electrons. The minimum absolute atomic E-state index is 0. The van der Waals surface area contributed by atoms with E-state index < -0.39 is 6.10 Å². The predicted molar refractivity (Wildman–Crippen MR) is 111 cm³/mol. The lowest BCUT2D eigenvalue weighted by molar-refractivity contribution is -0.693. The van der Waals surface area contributed by atoms with Gasteiger partial charge in [0.15, 0.2) is 11.5 Å². The molecular formula is C24H36ClNO4. The van der Waals surface area contributed by atoms with Crippen molar-refractivity contribution in [2.75, 3.05) is 20.8 Å². The van der Waals surface area contributed by atoms with Crippen LogP contribution in [0, 0.1) is 23.2 Å². The number of carbonyl (C=O) groups is 1. The molecule has 5 rings (SSSR count). The van der Waals surface area contributed by atoms with Crippen molar-refractivity contribution in [1.82, 2.24) is 0 Å². The zero-order valence-electron chi connectivity index (χ0n) is 18.4. The van der Waals surface area contributed by atoms with Gasteiger partial charge in [-0.15, -0.1) is 0 Å². The number of ketones is 1. The molecule has 0 saturated heterocycles. The van der Waals surface area contributed by atoms with E-state index >= 15 is 0 Å². The summed E-state index contributed by atoms with van der Waals surface area (Å²) < 4.78 is 10.6. The zero-order chi connectivity index (χ0) is 20.6. The van der Waals surface area contributed by atoms with Crippen molar-refractivity contribution in [1.29, 1.82) is 0 Å². The fourth-order valence-corrected chi connectivity index (χ4v) is 6.66. The number of hydrogen-bond donors (Lipinski definition) is 2. The molecule has 1 aromatic rings. The smallest absolute Gasteiger partial charge is 0.161 e. The first-order valence-corrected chi connectivity index (χ1v) is 11.2. The Morgan fingerprint density at radius 1 is 1.10 bits per heavy atom. The van der Waals surface area contributed by atoms with Crippen LogP contribution in [0.15, 0.2) is 18.2 Å². The first-order chi connectivity index (χ1) is 13.9. The van der Waals surface area contributed by atoms with E-state index in [0.29, 0.717) is 23.7 Å². The van der Waals surface area contributed by atoms with Crippen LogP contribution in [0.1, 0.15) is 63.5 Å². The Morgan fingerprint density at radius 2 is 1.67 bits per heavy atom. The van der Waals surface area contributed by atoms with Crippen molar-refractivity contribution in [3.05, 3.63) is 23.8 Å². The molecule has 5 nitrogen and oxygen atoms in total. The van der Waals surface area contributed by atoms with Gasteiger partial charge in [0.05, 0.1) is 27.2 Å². The number of quaternary nitrogens is 1. The molecule has 4 fully saturated rings. The Labute approximate surface area is 186 Å². The molecule has 4 saturated carbocycles. The van der Waals surface area contributed by atoms with E-state index in [-0.39, 0.29) is 23.9 Å². The van der Waals surface area contributed by atoms with Crippen LogP contribution in [-0.4, -0.2) is 37.7 Å². The van der Waals surface area contributed by atoms with Crippen LogP contribution in [0.4, 0.5) is 0 Å². The van der Waals surface area contributed by atoms with Crippen LogP contribution >= 0.6 is 0 Å². The Bertz CT molecular complexity index is 717. The van der Waals surface area contributed by atoms with Gasteiger partial charge < -0.3 is 32.3 Å². The van der Waals surface area contributed by atoms with Gasteiger partial charge in [0, 0.05) is 5.41 Å². The lowest BCUT2D eigenvalue weighted by Gasteiger charge is -2.56. The number of benzene rings is 1. The Morgan fingerprint density at radius 3 is 2.20 bits per heavy atom. The molecule has 0 amide bonds. The number of aliphatic hydroxyl groups is 1. The third-order valence-corrected chi connectivity index (χ3v) is 7.79. The summed E-state index contributed by atoms with van der Waals surface area (Å²) in [5.74, 6) is 4.18. The maximum absolute atomic E-state index is 13.2. The second kappa shape index (κ2) is 9.46. The van der Waals surface area contributed by atoms with Crippen molar-refractivity contribution in [2.45, 2.75) is 64.0 Å². The van der Waals surface area contributed by atoms with Gasteiger partial charge in [0.25, 0.3) is 0 Å². The molecular weight excluding hydrogens is 402 g/mol. The molecule has 4 aliphatic rings. The fourth-order valence-electron chi connectivity index (χ4n) is 6.66. The molecule has 3 N–H and O–H groups in total. The normalized spacial score (nSPS) is 31.0. The summed E-state index contributed by atoms with van der Waals surface area (Å²) in [7, 11) is 3.20. The second-order valence-electron chi connectivity index (χ2n) is 9.81. The summed E-state index contributed by atoms with van der Waals surface area (Å²) in [6.45, 7) is 2.75. The first kappa shape index (κ1) is 23.4. The topological polar surface area (TPSA) is 72.4 Å². The molecule has 1 aromatic carbocycles. The molecule has 0 heterocycles. The van der Waals surface area contributed by atoms with Crippen molar-refractivity contribution >= 4 is 5.78 Å². The lowest BCUT2D eigenvalue weighted by Crippen LogP contribution is -3.00. The average molecular weight is 438 g/mol. The quantitative estimate of drug-likeness (QED) is 0.564. The highest BCUT2D eigenvalue weighted by atomic mass is 35.5. The highest BCUT2D eigenvalue weighted by molar-refractivity contribution is 5.85. The molecule has 0 radical (unpaired) electrons. The molecule has 0 aromatic heterocycles. The van der Waals surface area contributed by atoms with Gasteiger partial charge in [0.2, 0.25) is 0 Å². The summed E-state index contributed by atoms with van der Waals surface area (Å²) in [5, 5.41) is 12.9. The largest absolute Gasteiger partial charge is 1.00 e. The number of nitrogens with two attached hydrogens (primary N) is 1. The third-order valence-electron chi connectivity index (χ3n) is 7.79. The van der Waals surface area contributed by atoms with Crippen LogP contribution in [0.2, 0.25) is 0 Å². The van der Waals surface area contributed by atoms with E-state index in [0.717, 1.165) is 49.1 Å². The highest BCUT2D eigenvalue weighted by Crippen LogP contribution is 2.60. The van der Waals surface area contributed by atoms with Crippen molar-refractivity contribution in [3.8, 4) is 11.5 Å². The van der Waals surface area contributed by atoms with Crippen molar-refractivity contribution < 1.29 is 37.1 Å². The number of ether oxygens (including phenoxy) is 2. The fraction of sp³-hybridized carbons (Fsp3) is 0.708. The van der Waals surface area contributed by atoms with E-state index in [9.17, 15) is 9.90 Å². The Kier molecular flexibility index (Phi) is 7.36. The van der Waals surface area contributed by atoms with E-state index in [4.69, 9.17) is 9.47 Å². The number of carbonyl (C=O) groups excluding carboxylic acids is 1. The Balaban J connectivity index is 0.00000256. The predicted octanol–water partition coefficient (Wildman–Crippen LogP) is -0.131. The molecule has 2 atom stereocenters. The molecule has 6 heteroatoms. The van der Waals surface area contributed by atoms with E-state index in [2.05, 4.69) is 5.32 Å².